The Hall–Kier alpha value is -2.64. The van der Waals surface area contributed by atoms with E-state index in [0.717, 1.165) is 23.1 Å². The Morgan fingerprint density at radius 2 is 2.00 bits per heavy atom. The summed E-state index contributed by atoms with van der Waals surface area (Å²) >= 11 is 0. The van der Waals surface area contributed by atoms with Crippen LogP contribution in [0.15, 0.2) is 18.5 Å². The summed E-state index contributed by atoms with van der Waals surface area (Å²) < 4.78 is 0. The van der Waals surface area contributed by atoms with E-state index in [1.54, 1.807) is 12.4 Å². The number of likely N-dealkylation sites (tertiary alicyclic amines) is 1. The first-order valence-electron chi connectivity index (χ1n) is 9.42. The molecule has 1 spiro atoms. The molecule has 3 aliphatic rings. The van der Waals surface area contributed by atoms with Gasteiger partial charge in [0, 0.05) is 43.7 Å². The third-order valence-electron chi connectivity index (χ3n) is 6.77. The molecule has 8 nitrogen and oxygen atoms in total. The van der Waals surface area contributed by atoms with Crippen molar-refractivity contribution < 1.29 is 9.59 Å². The van der Waals surface area contributed by atoms with Crippen LogP contribution in [0.5, 0.6) is 0 Å². The molecule has 1 aliphatic carbocycles. The molecule has 2 aliphatic heterocycles. The zero-order valence-corrected chi connectivity index (χ0v) is 15.6. The van der Waals surface area contributed by atoms with Crippen molar-refractivity contribution >= 4 is 28.5 Å². The molecule has 2 atom stereocenters. The summed E-state index contributed by atoms with van der Waals surface area (Å²) in [5.74, 6) is 0.592. The van der Waals surface area contributed by atoms with Crippen molar-refractivity contribution in [3.8, 4) is 0 Å². The number of hydrogen-bond donors (Lipinski definition) is 2. The summed E-state index contributed by atoms with van der Waals surface area (Å²) in [6.45, 7) is 6.67. The molecule has 2 aromatic rings. The van der Waals surface area contributed by atoms with Gasteiger partial charge >= 0.3 is 0 Å². The maximum atomic E-state index is 12.7. The van der Waals surface area contributed by atoms with Gasteiger partial charge in [-0.05, 0) is 17.9 Å². The predicted octanol–water partition coefficient (Wildman–Crippen LogP) is 0.754. The van der Waals surface area contributed by atoms with Gasteiger partial charge in [-0.2, -0.15) is 5.10 Å². The molecule has 2 aromatic heterocycles. The number of carbonyl (C=O) groups is 2. The lowest BCUT2D eigenvalue weighted by molar-refractivity contribution is -0.150. The van der Waals surface area contributed by atoms with Crippen LogP contribution in [0.2, 0.25) is 0 Å². The zero-order chi connectivity index (χ0) is 19.0. The molecule has 27 heavy (non-hydrogen) atoms. The van der Waals surface area contributed by atoms with E-state index in [4.69, 9.17) is 5.73 Å². The third kappa shape index (κ3) is 2.35. The van der Waals surface area contributed by atoms with Crippen molar-refractivity contribution in [3.05, 3.63) is 18.5 Å². The van der Waals surface area contributed by atoms with Gasteiger partial charge in [0.05, 0.1) is 23.0 Å². The van der Waals surface area contributed by atoms with Gasteiger partial charge in [-0.25, -0.2) is 4.98 Å². The second-order valence-corrected chi connectivity index (χ2v) is 9.10. The summed E-state index contributed by atoms with van der Waals surface area (Å²) in [4.78, 5) is 33.4. The molecule has 4 heterocycles. The molecule has 8 heteroatoms. The first kappa shape index (κ1) is 16.5. The minimum Gasteiger partial charge on any atom is -0.369 e. The summed E-state index contributed by atoms with van der Waals surface area (Å²) in [7, 11) is 0. The van der Waals surface area contributed by atoms with Gasteiger partial charge in [-0.1, -0.05) is 13.8 Å². The number of aromatic nitrogens is 3. The Kier molecular flexibility index (Phi) is 3.19. The number of fused-ring (bicyclic) bond motifs is 1. The normalized spacial score (nSPS) is 27.8. The van der Waals surface area contributed by atoms with E-state index < -0.39 is 0 Å². The Morgan fingerprint density at radius 3 is 2.67 bits per heavy atom. The van der Waals surface area contributed by atoms with Gasteiger partial charge in [-0.15, -0.1) is 0 Å². The van der Waals surface area contributed by atoms with Crippen molar-refractivity contribution in [2.45, 2.75) is 20.3 Å². The van der Waals surface area contributed by atoms with Crippen LogP contribution in [0.3, 0.4) is 0 Å². The maximum absolute atomic E-state index is 12.7. The number of anilines is 1. The fourth-order valence-electron chi connectivity index (χ4n) is 4.93. The lowest BCUT2D eigenvalue weighted by Gasteiger charge is -2.50. The molecule has 3 N–H and O–H groups in total. The van der Waals surface area contributed by atoms with Crippen molar-refractivity contribution in [1.29, 1.82) is 0 Å². The molecule has 142 valence electrons. The van der Waals surface area contributed by atoms with Gasteiger partial charge in [0.15, 0.2) is 0 Å². The van der Waals surface area contributed by atoms with Gasteiger partial charge in [-0.3, -0.25) is 14.7 Å². The molecule has 1 saturated carbocycles. The summed E-state index contributed by atoms with van der Waals surface area (Å²) in [5.41, 5.74) is 6.51. The topological polar surface area (TPSA) is 108 Å². The fraction of sp³-hybridized carbons (Fsp3) is 0.579. The first-order valence-corrected chi connectivity index (χ1v) is 9.42. The van der Waals surface area contributed by atoms with Crippen LogP contribution in [0.25, 0.3) is 10.9 Å². The minimum absolute atomic E-state index is 0.117. The average molecular weight is 368 g/mol. The Balaban J connectivity index is 1.38. The van der Waals surface area contributed by atoms with Gasteiger partial charge in [0.2, 0.25) is 11.8 Å². The smallest absolute Gasteiger partial charge is 0.226 e. The van der Waals surface area contributed by atoms with E-state index >= 15 is 0 Å². The standard InChI is InChI=1S/C19H24N6O2/c1-18(2)5-12(18)17(27)25-9-19(10-25)8-24(7-13(19)15(20)26)16-11-6-22-23-14(11)3-4-21-16/h3-4,6,12-13H,5,7-10H2,1-2H3,(H2,20,26)(H,22,23)/t12-,13?/m1/s1. The summed E-state index contributed by atoms with van der Waals surface area (Å²) in [6.07, 6.45) is 4.45. The number of carbonyl (C=O) groups excluding carboxylic acids is 2. The molecule has 3 fully saturated rings. The van der Waals surface area contributed by atoms with Gasteiger partial charge in [0.1, 0.15) is 5.82 Å². The Morgan fingerprint density at radius 1 is 1.26 bits per heavy atom. The van der Waals surface area contributed by atoms with E-state index in [-0.39, 0.29) is 34.5 Å². The second-order valence-electron chi connectivity index (χ2n) is 9.10. The number of H-pyrrole nitrogens is 1. The zero-order valence-electron chi connectivity index (χ0n) is 15.6. The van der Waals surface area contributed by atoms with Crippen LogP contribution in [-0.4, -0.2) is 58.1 Å². The average Bonchev–Trinajstić information content (AvgIpc) is 2.98. The number of nitrogens with two attached hydrogens (primary N) is 1. The lowest BCUT2D eigenvalue weighted by atomic mass is 9.71. The van der Waals surface area contributed by atoms with Gasteiger partial charge < -0.3 is 15.5 Å². The molecular weight excluding hydrogens is 344 g/mol. The van der Waals surface area contributed by atoms with Crippen molar-refractivity contribution in [2.24, 2.45) is 28.4 Å². The van der Waals surface area contributed by atoms with E-state index in [0.29, 0.717) is 26.2 Å². The number of nitrogens with zero attached hydrogens (tertiary/aromatic N) is 4. The summed E-state index contributed by atoms with van der Waals surface area (Å²) in [5, 5.41) is 7.99. The van der Waals surface area contributed by atoms with Crippen molar-refractivity contribution in [3.63, 3.8) is 0 Å². The van der Waals surface area contributed by atoms with E-state index in [1.807, 2.05) is 11.0 Å². The molecular formula is C19H24N6O2. The van der Waals surface area contributed by atoms with Crippen LogP contribution in [0.1, 0.15) is 20.3 Å². The van der Waals surface area contributed by atoms with Crippen LogP contribution in [0, 0.1) is 22.7 Å². The maximum Gasteiger partial charge on any atom is 0.226 e. The highest BCUT2D eigenvalue weighted by molar-refractivity contribution is 5.90. The van der Waals surface area contributed by atoms with Crippen LogP contribution in [-0.2, 0) is 9.59 Å². The Bertz CT molecular complexity index is 945. The van der Waals surface area contributed by atoms with E-state index in [9.17, 15) is 9.59 Å². The predicted molar refractivity (Wildman–Crippen MR) is 99.7 cm³/mol. The van der Waals surface area contributed by atoms with Crippen molar-refractivity contribution in [1.82, 2.24) is 20.1 Å². The number of primary amides is 1. The quantitative estimate of drug-likeness (QED) is 0.831. The highest BCUT2D eigenvalue weighted by Gasteiger charge is 2.61. The number of nitrogens with one attached hydrogen (secondary N) is 1. The molecule has 0 bridgehead atoms. The van der Waals surface area contributed by atoms with E-state index in [2.05, 4.69) is 33.9 Å². The molecule has 2 saturated heterocycles. The SMILES string of the molecule is CC1(C)C[C@@H]1C(=O)N1CC2(C1)CN(c1nccc3[nH]ncc13)CC2C(N)=O. The molecule has 2 amide bonds. The largest absolute Gasteiger partial charge is 0.369 e. The highest BCUT2D eigenvalue weighted by Crippen LogP contribution is 2.54. The molecule has 0 aromatic carbocycles. The molecule has 1 unspecified atom stereocenters. The number of amides is 2. The van der Waals surface area contributed by atoms with Crippen molar-refractivity contribution in [2.75, 3.05) is 31.1 Å². The number of hydrogen-bond acceptors (Lipinski definition) is 5. The van der Waals surface area contributed by atoms with E-state index in [1.165, 1.54) is 0 Å². The first-order chi connectivity index (χ1) is 12.8. The Labute approximate surface area is 157 Å². The lowest BCUT2D eigenvalue weighted by Crippen LogP contribution is -2.64. The number of rotatable bonds is 3. The third-order valence-corrected chi connectivity index (χ3v) is 6.77. The van der Waals surface area contributed by atoms with Crippen LogP contribution < -0.4 is 10.6 Å². The van der Waals surface area contributed by atoms with Crippen LogP contribution >= 0.6 is 0 Å². The monoisotopic (exact) mass is 368 g/mol. The second kappa shape index (κ2) is 5.21. The number of pyridine rings is 1. The number of aromatic amines is 1. The highest BCUT2D eigenvalue weighted by atomic mass is 16.2. The molecule has 0 radical (unpaired) electrons. The van der Waals surface area contributed by atoms with Gasteiger partial charge in [0.25, 0.3) is 0 Å². The fourth-order valence-corrected chi connectivity index (χ4v) is 4.93. The molecule has 5 rings (SSSR count). The minimum atomic E-state index is -0.296. The van der Waals surface area contributed by atoms with Crippen LogP contribution in [0.4, 0.5) is 5.82 Å². The summed E-state index contributed by atoms with van der Waals surface area (Å²) in [6, 6.07) is 1.88.